The van der Waals surface area contributed by atoms with Crippen molar-refractivity contribution in [3.8, 4) is 0 Å². The number of likely N-dealkylation sites (tertiary alicyclic amines) is 1. The Hall–Kier alpha value is 0.270. The molecule has 3 heteroatoms. The van der Waals surface area contributed by atoms with Gasteiger partial charge in [-0.3, -0.25) is 0 Å². The molecular weight excluding hydrogens is 170 g/mol. The van der Waals surface area contributed by atoms with Crippen LogP contribution in [0.25, 0.3) is 0 Å². The molecule has 0 radical (unpaired) electrons. The molecule has 2 nitrogen and oxygen atoms in total. The Kier molecular flexibility index (Phi) is 2.36. The Bertz CT molecular complexity index is 170. The van der Waals surface area contributed by atoms with Crippen LogP contribution in [0.3, 0.4) is 0 Å². The second kappa shape index (κ2) is 3.20. The third-order valence-electron chi connectivity index (χ3n) is 3.10. The quantitative estimate of drug-likeness (QED) is 0.637. The van der Waals surface area contributed by atoms with Crippen LogP contribution in [0.2, 0.25) is 0 Å². The fourth-order valence-corrected chi connectivity index (χ4v) is 2.39. The number of nitrogens with zero attached hydrogens (tertiary/aromatic N) is 1. The molecule has 0 aromatic carbocycles. The summed E-state index contributed by atoms with van der Waals surface area (Å²) < 4.78 is 0. The topological polar surface area (TPSA) is 23.5 Å². The molecule has 0 bridgehead atoms. The van der Waals surface area contributed by atoms with Gasteiger partial charge in [-0.2, -0.15) is 12.6 Å². The summed E-state index contributed by atoms with van der Waals surface area (Å²) in [5.74, 6) is 1.01. The summed E-state index contributed by atoms with van der Waals surface area (Å²) in [4.78, 5) is 2.38. The maximum atomic E-state index is 9.33. The number of aliphatic hydroxyl groups is 1. The van der Waals surface area contributed by atoms with Gasteiger partial charge >= 0.3 is 0 Å². The first-order chi connectivity index (χ1) is 5.74. The van der Waals surface area contributed by atoms with Gasteiger partial charge in [-0.15, -0.1) is 0 Å². The molecule has 0 aromatic rings. The van der Waals surface area contributed by atoms with Gasteiger partial charge < -0.3 is 10.0 Å². The first kappa shape index (κ1) is 8.85. The number of rotatable bonds is 3. The van der Waals surface area contributed by atoms with Crippen LogP contribution in [-0.2, 0) is 0 Å². The van der Waals surface area contributed by atoms with Crippen molar-refractivity contribution in [2.45, 2.75) is 25.4 Å². The molecule has 1 aliphatic heterocycles. The smallest absolute Gasteiger partial charge is 0.0679 e. The van der Waals surface area contributed by atoms with E-state index in [0.717, 1.165) is 31.8 Å². The second-order valence-electron chi connectivity index (χ2n) is 4.34. The van der Waals surface area contributed by atoms with Crippen molar-refractivity contribution in [3.05, 3.63) is 0 Å². The summed E-state index contributed by atoms with van der Waals surface area (Å²) in [7, 11) is 0. The van der Waals surface area contributed by atoms with Crippen molar-refractivity contribution in [2.24, 2.45) is 5.41 Å². The van der Waals surface area contributed by atoms with E-state index in [2.05, 4.69) is 17.5 Å². The van der Waals surface area contributed by atoms with Crippen LogP contribution < -0.4 is 0 Å². The Morgan fingerprint density at radius 2 is 2.25 bits per heavy atom. The summed E-state index contributed by atoms with van der Waals surface area (Å²) in [5, 5.41) is 9.33. The minimum atomic E-state index is -0.0688. The summed E-state index contributed by atoms with van der Waals surface area (Å²) in [6, 6.07) is 0. The predicted octanol–water partition coefficient (Wildman–Crippen LogP) is 0.763. The van der Waals surface area contributed by atoms with Crippen molar-refractivity contribution >= 4 is 12.6 Å². The number of thiol groups is 1. The summed E-state index contributed by atoms with van der Waals surface area (Å²) >= 11 is 4.37. The monoisotopic (exact) mass is 187 g/mol. The molecule has 1 heterocycles. The molecule has 1 atom stereocenters. The Balaban J connectivity index is 1.80. The molecule has 1 unspecified atom stereocenters. The molecule has 12 heavy (non-hydrogen) atoms. The first-order valence-corrected chi connectivity index (χ1v) is 5.39. The van der Waals surface area contributed by atoms with Crippen LogP contribution in [0.5, 0.6) is 0 Å². The van der Waals surface area contributed by atoms with Crippen molar-refractivity contribution in [1.82, 2.24) is 4.90 Å². The number of hydrogen-bond donors (Lipinski definition) is 2. The number of aliphatic hydroxyl groups excluding tert-OH is 1. The molecule has 1 N–H and O–H groups in total. The highest BCUT2D eigenvalue weighted by atomic mass is 32.1. The van der Waals surface area contributed by atoms with Crippen molar-refractivity contribution in [2.75, 3.05) is 25.4 Å². The molecule has 0 aromatic heterocycles. The average molecular weight is 187 g/mol. The highest BCUT2D eigenvalue weighted by molar-refractivity contribution is 7.80. The molecule has 1 saturated carbocycles. The maximum absolute atomic E-state index is 9.33. The SMILES string of the molecule is OC1CCN(CC2(CS)CC2)C1. The molecule has 0 amide bonds. The normalized spacial score (nSPS) is 34.0. The van der Waals surface area contributed by atoms with E-state index in [-0.39, 0.29) is 6.10 Å². The second-order valence-corrected chi connectivity index (χ2v) is 4.65. The Labute approximate surface area is 79.4 Å². The van der Waals surface area contributed by atoms with Gasteiger partial charge in [0.1, 0.15) is 0 Å². The van der Waals surface area contributed by atoms with Gasteiger partial charge in [0, 0.05) is 19.6 Å². The van der Waals surface area contributed by atoms with Gasteiger partial charge in [0.15, 0.2) is 0 Å². The largest absolute Gasteiger partial charge is 0.392 e. The fourth-order valence-electron chi connectivity index (χ4n) is 1.97. The highest BCUT2D eigenvalue weighted by Crippen LogP contribution is 2.47. The van der Waals surface area contributed by atoms with Gasteiger partial charge in [-0.25, -0.2) is 0 Å². The van der Waals surface area contributed by atoms with Crippen LogP contribution in [0.1, 0.15) is 19.3 Å². The molecular formula is C9H17NOS. The lowest BCUT2D eigenvalue weighted by Crippen LogP contribution is -2.30. The van der Waals surface area contributed by atoms with E-state index >= 15 is 0 Å². The molecule has 1 saturated heterocycles. The average Bonchev–Trinajstić information content (AvgIpc) is 2.71. The van der Waals surface area contributed by atoms with Gasteiger partial charge in [-0.05, 0) is 30.4 Å². The van der Waals surface area contributed by atoms with Crippen LogP contribution in [0.4, 0.5) is 0 Å². The molecule has 0 spiro atoms. The summed E-state index contributed by atoms with van der Waals surface area (Å²) in [5.41, 5.74) is 0.521. The Morgan fingerprint density at radius 1 is 1.50 bits per heavy atom. The Morgan fingerprint density at radius 3 is 2.67 bits per heavy atom. The fraction of sp³-hybridized carbons (Fsp3) is 1.00. The lowest BCUT2D eigenvalue weighted by molar-refractivity contribution is 0.169. The van der Waals surface area contributed by atoms with E-state index in [4.69, 9.17) is 0 Å². The summed E-state index contributed by atoms with van der Waals surface area (Å²) in [6.45, 7) is 3.12. The van der Waals surface area contributed by atoms with Gasteiger partial charge in [0.2, 0.25) is 0 Å². The first-order valence-electron chi connectivity index (χ1n) is 4.75. The van der Waals surface area contributed by atoms with E-state index in [0.29, 0.717) is 5.41 Å². The predicted molar refractivity (Wildman–Crippen MR) is 52.6 cm³/mol. The van der Waals surface area contributed by atoms with Gasteiger partial charge in [0.25, 0.3) is 0 Å². The highest BCUT2D eigenvalue weighted by Gasteiger charge is 2.43. The van der Waals surface area contributed by atoms with Crippen LogP contribution in [0, 0.1) is 5.41 Å². The van der Waals surface area contributed by atoms with E-state index in [1.807, 2.05) is 0 Å². The molecule has 2 rings (SSSR count). The van der Waals surface area contributed by atoms with E-state index < -0.39 is 0 Å². The van der Waals surface area contributed by atoms with E-state index in [9.17, 15) is 5.11 Å². The van der Waals surface area contributed by atoms with Gasteiger partial charge in [0.05, 0.1) is 6.10 Å². The third-order valence-corrected chi connectivity index (χ3v) is 3.77. The van der Waals surface area contributed by atoms with Crippen LogP contribution in [-0.4, -0.2) is 41.5 Å². The van der Waals surface area contributed by atoms with Crippen molar-refractivity contribution in [1.29, 1.82) is 0 Å². The summed E-state index contributed by atoms with van der Waals surface area (Å²) in [6.07, 6.45) is 3.56. The lowest BCUT2D eigenvalue weighted by Gasteiger charge is -2.21. The number of β-amino-alcohol motifs (C(OH)–C–C–N with tert-alkyl or cyclic N) is 1. The number of hydrogen-bond acceptors (Lipinski definition) is 3. The van der Waals surface area contributed by atoms with Crippen LogP contribution in [0.15, 0.2) is 0 Å². The van der Waals surface area contributed by atoms with Crippen molar-refractivity contribution in [3.63, 3.8) is 0 Å². The zero-order valence-corrected chi connectivity index (χ0v) is 8.26. The molecule has 2 aliphatic rings. The molecule has 2 fully saturated rings. The molecule has 1 aliphatic carbocycles. The zero-order chi connectivity index (χ0) is 8.60. The minimum absolute atomic E-state index is 0.0688. The van der Waals surface area contributed by atoms with Gasteiger partial charge in [-0.1, -0.05) is 0 Å². The zero-order valence-electron chi connectivity index (χ0n) is 7.37. The lowest BCUT2D eigenvalue weighted by atomic mass is 10.1. The third kappa shape index (κ3) is 1.78. The van der Waals surface area contributed by atoms with Crippen molar-refractivity contribution < 1.29 is 5.11 Å². The molecule has 70 valence electrons. The van der Waals surface area contributed by atoms with E-state index in [1.54, 1.807) is 0 Å². The minimum Gasteiger partial charge on any atom is -0.392 e. The van der Waals surface area contributed by atoms with Crippen LogP contribution >= 0.6 is 12.6 Å². The van der Waals surface area contributed by atoms with E-state index in [1.165, 1.54) is 12.8 Å². The standard InChI is InChI=1S/C9H17NOS/c11-8-1-4-10(5-8)6-9(7-12)2-3-9/h8,11-12H,1-7H2. The maximum Gasteiger partial charge on any atom is 0.0679 e.